The molecule has 0 radical (unpaired) electrons. The highest BCUT2D eigenvalue weighted by molar-refractivity contribution is 6.35. The molecule has 3 heterocycles. The summed E-state index contributed by atoms with van der Waals surface area (Å²) in [5.74, 6) is -0.353. The van der Waals surface area contributed by atoms with Gasteiger partial charge in [-0.15, -0.1) is 5.10 Å². The van der Waals surface area contributed by atoms with Gasteiger partial charge in [-0.05, 0) is 46.2 Å². The van der Waals surface area contributed by atoms with Gasteiger partial charge in [0, 0.05) is 29.9 Å². The number of nitrogens with one attached hydrogen (secondary N) is 4. The molecular formula is C25H29ClN8O6. The van der Waals surface area contributed by atoms with E-state index in [1.54, 1.807) is 52.2 Å². The first-order valence-corrected chi connectivity index (χ1v) is 12.7. The van der Waals surface area contributed by atoms with E-state index in [4.69, 9.17) is 21.1 Å². The maximum absolute atomic E-state index is 13.4. The molecule has 0 aliphatic carbocycles. The number of halogens is 1. The van der Waals surface area contributed by atoms with E-state index in [-0.39, 0.29) is 23.6 Å². The number of nitrogens with zero attached hydrogens (tertiary/aromatic N) is 4. The van der Waals surface area contributed by atoms with Crippen LogP contribution in [0.4, 0.5) is 15.4 Å². The van der Waals surface area contributed by atoms with Gasteiger partial charge in [0.1, 0.15) is 22.4 Å². The molecule has 0 aliphatic heterocycles. The van der Waals surface area contributed by atoms with Gasteiger partial charge in [0.25, 0.3) is 5.91 Å². The van der Waals surface area contributed by atoms with Crippen LogP contribution in [-0.2, 0) is 4.74 Å². The van der Waals surface area contributed by atoms with Gasteiger partial charge in [-0.1, -0.05) is 11.6 Å². The van der Waals surface area contributed by atoms with Crippen molar-refractivity contribution >= 4 is 52.1 Å². The van der Waals surface area contributed by atoms with E-state index in [1.165, 1.54) is 10.7 Å². The van der Waals surface area contributed by atoms with E-state index in [0.717, 1.165) is 0 Å². The van der Waals surface area contributed by atoms with Crippen LogP contribution >= 0.6 is 11.6 Å². The van der Waals surface area contributed by atoms with Gasteiger partial charge in [0.2, 0.25) is 0 Å². The Kier molecular flexibility index (Phi) is 8.28. The predicted octanol–water partition coefficient (Wildman–Crippen LogP) is 4.13. The number of H-pyrrole nitrogens is 1. The van der Waals surface area contributed by atoms with Crippen LogP contribution in [0.15, 0.2) is 30.7 Å². The number of carbonyl (C=O) groups is 3. The van der Waals surface area contributed by atoms with Crippen molar-refractivity contribution in [3.05, 3.63) is 46.9 Å². The maximum atomic E-state index is 13.4. The molecule has 0 saturated carbocycles. The Labute approximate surface area is 233 Å². The van der Waals surface area contributed by atoms with Gasteiger partial charge in [-0.3, -0.25) is 15.2 Å². The molecule has 212 valence electrons. The highest BCUT2D eigenvalue weighted by Gasteiger charge is 2.26. The van der Waals surface area contributed by atoms with Crippen molar-refractivity contribution in [3.63, 3.8) is 0 Å². The summed E-state index contributed by atoms with van der Waals surface area (Å²) in [7, 11) is 0. The van der Waals surface area contributed by atoms with Crippen molar-refractivity contribution in [1.29, 1.82) is 0 Å². The number of carbonyl (C=O) groups excluding carboxylic acids is 2. The molecule has 4 rings (SSSR count). The van der Waals surface area contributed by atoms with Gasteiger partial charge < -0.3 is 25.2 Å². The van der Waals surface area contributed by atoms with Crippen LogP contribution in [0.25, 0.3) is 16.6 Å². The number of hydrogen-bond acceptors (Lipinski definition) is 8. The number of ether oxygens (including phenoxy) is 2. The number of amides is 3. The molecule has 15 heteroatoms. The van der Waals surface area contributed by atoms with E-state index < -0.39 is 29.7 Å². The van der Waals surface area contributed by atoms with Crippen LogP contribution in [0.1, 0.15) is 56.1 Å². The molecule has 1 atom stereocenters. The zero-order valence-corrected chi connectivity index (χ0v) is 23.0. The molecule has 1 aromatic carbocycles. The van der Waals surface area contributed by atoms with Gasteiger partial charge in [-0.25, -0.2) is 19.1 Å². The highest BCUT2D eigenvalue weighted by Crippen LogP contribution is 2.37. The molecule has 14 nitrogen and oxygen atoms in total. The fourth-order valence-corrected chi connectivity index (χ4v) is 4.18. The number of carboxylic acid groups (broad SMARTS) is 1. The van der Waals surface area contributed by atoms with E-state index in [2.05, 4.69) is 36.2 Å². The molecule has 0 spiro atoms. The minimum atomic E-state index is -1.38. The Balaban J connectivity index is 1.53. The second-order valence-electron chi connectivity index (χ2n) is 9.80. The van der Waals surface area contributed by atoms with E-state index in [1.807, 2.05) is 0 Å². The Bertz CT molecular complexity index is 1560. The average Bonchev–Trinajstić information content (AvgIpc) is 3.48. The smallest absolute Gasteiger partial charge is 0.410 e. The second kappa shape index (κ2) is 11.7. The van der Waals surface area contributed by atoms with E-state index in [0.29, 0.717) is 40.2 Å². The Hall–Kier alpha value is -4.59. The summed E-state index contributed by atoms with van der Waals surface area (Å²) in [5, 5.41) is 29.0. The number of anilines is 1. The third kappa shape index (κ3) is 6.51. The van der Waals surface area contributed by atoms with Crippen LogP contribution < -0.4 is 20.7 Å². The maximum Gasteiger partial charge on any atom is 0.410 e. The van der Waals surface area contributed by atoms with E-state index in [9.17, 15) is 19.5 Å². The number of benzene rings is 1. The molecule has 5 N–H and O–H groups in total. The summed E-state index contributed by atoms with van der Waals surface area (Å²) in [6, 6.07) is 2.62. The molecule has 40 heavy (non-hydrogen) atoms. The number of fused-ring (bicyclic) bond motifs is 2. The lowest BCUT2D eigenvalue weighted by Gasteiger charge is -2.20. The minimum Gasteiger partial charge on any atom is -0.491 e. The summed E-state index contributed by atoms with van der Waals surface area (Å²) in [4.78, 5) is 40.8. The fourth-order valence-electron chi connectivity index (χ4n) is 3.92. The Morgan fingerprint density at radius 3 is 2.77 bits per heavy atom. The lowest BCUT2D eigenvalue weighted by atomic mass is 10.0. The fraction of sp³-hybridized carbons (Fsp3) is 0.360. The number of alkyl carbamates (subject to hydrolysis) is 1. The molecule has 4 aromatic rings. The van der Waals surface area contributed by atoms with Crippen molar-refractivity contribution in [2.45, 2.75) is 45.8 Å². The average molecular weight is 573 g/mol. The normalized spacial score (nSPS) is 12.2. The van der Waals surface area contributed by atoms with E-state index >= 15 is 0 Å². The van der Waals surface area contributed by atoms with Gasteiger partial charge >= 0.3 is 12.2 Å². The monoisotopic (exact) mass is 572 g/mol. The van der Waals surface area contributed by atoms with Crippen molar-refractivity contribution in [1.82, 2.24) is 35.4 Å². The third-order valence-corrected chi connectivity index (χ3v) is 5.88. The standard InChI is InChI=1S/C25H29ClN8O6/c1-13(30-22(35)17-20(31-23(36)37)33-34-9-5-7-27-21(17)34)14-11-16(26)15-12-29-32-18(15)19(14)39-10-6-8-28-24(38)40-25(2,3)4/h5,7,9,11-13H,6,8,10H2,1-4H3,(H,28,38)(H,29,32)(H,30,35)(H,31,33)(H,36,37). The van der Waals surface area contributed by atoms with Crippen molar-refractivity contribution in [3.8, 4) is 5.75 Å². The van der Waals surface area contributed by atoms with Crippen molar-refractivity contribution < 1.29 is 29.0 Å². The molecular weight excluding hydrogens is 544 g/mol. The van der Waals surface area contributed by atoms with Crippen LogP contribution in [0, 0.1) is 0 Å². The van der Waals surface area contributed by atoms with Crippen molar-refractivity contribution in [2.75, 3.05) is 18.5 Å². The Morgan fingerprint density at radius 2 is 2.05 bits per heavy atom. The molecule has 3 amide bonds. The molecule has 0 aliphatic rings. The van der Waals surface area contributed by atoms with Gasteiger partial charge in [0.05, 0.1) is 23.9 Å². The zero-order valence-electron chi connectivity index (χ0n) is 22.2. The van der Waals surface area contributed by atoms with Gasteiger partial charge in [0.15, 0.2) is 11.5 Å². The molecule has 0 saturated heterocycles. The van der Waals surface area contributed by atoms with Gasteiger partial charge in [-0.2, -0.15) is 5.10 Å². The van der Waals surface area contributed by atoms with Crippen LogP contribution in [-0.4, -0.2) is 66.7 Å². The lowest BCUT2D eigenvalue weighted by molar-refractivity contribution is 0.0525. The van der Waals surface area contributed by atoms with Crippen LogP contribution in [0.3, 0.4) is 0 Å². The summed E-state index contributed by atoms with van der Waals surface area (Å²) in [6.45, 7) is 7.61. The highest BCUT2D eigenvalue weighted by atomic mass is 35.5. The predicted molar refractivity (Wildman–Crippen MR) is 146 cm³/mol. The molecule has 0 bridgehead atoms. The largest absolute Gasteiger partial charge is 0.491 e. The summed E-state index contributed by atoms with van der Waals surface area (Å²) >= 11 is 6.50. The Morgan fingerprint density at radius 1 is 1.27 bits per heavy atom. The summed E-state index contributed by atoms with van der Waals surface area (Å²) in [5.41, 5.74) is 0.614. The third-order valence-electron chi connectivity index (χ3n) is 5.57. The number of rotatable bonds is 9. The quantitative estimate of drug-likeness (QED) is 0.184. The second-order valence-corrected chi connectivity index (χ2v) is 10.2. The topological polar surface area (TPSA) is 185 Å². The van der Waals surface area contributed by atoms with Crippen LogP contribution in [0.2, 0.25) is 5.02 Å². The van der Waals surface area contributed by atoms with Crippen molar-refractivity contribution in [2.24, 2.45) is 0 Å². The number of hydrogen-bond donors (Lipinski definition) is 5. The first kappa shape index (κ1) is 28.4. The molecule has 3 aromatic heterocycles. The lowest BCUT2D eigenvalue weighted by Crippen LogP contribution is -2.33. The number of aromatic nitrogens is 5. The number of aromatic amines is 1. The first-order chi connectivity index (χ1) is 18.9. The SMILES string of the molecule is CC(NC(=O)c1c(NC(=O)O)nn2cccnc12)c1cc(Cl)c2cn[nH]c2c1OCCCNC(=O)OC(C)(C)C. The minimum absolute atomic E-state index is 0.0424. The molecule has 0 fully saturated rings. The molecule has 1 unspecified atom stereocenters. The zero-order chi connectivity index (χ0) is 29.0. The van der Waals surface area contributed by atoms with Crippen LogP contribution in [0.5, 0.6) is 5.75 Å². The summed E-state index contributed by atoms with van der Waals surface area (Å²) < 4.78 is 12.6. The summed E-state index contributed by atoms with van der Waals surface area (Å²) in [6.07, 6.45) is 3.15. The first-order valence-electron chi connectivity index (χ1n) is 12.3.